The van der Waals surface area contributed by atoms with Gasteiger partial charge < -0.3 is 10.2 Å². The van der Waals surface area contributed by atoms with Crippen molar-refractivity contribution in [3.05, 3.63) is 34.4 Å². The van der Waals surface area contributed by atoms with Crippen LogP contribution in [0, 0.1) is 10.1 Å². The Kier molecular flexibility index (Phi) is 3.81. The van der Waals surface area contributed by atoms with Crippen LogP contribution in [0.5, 0.6) is 0 Å². The van der Waals surface area contributed by atoms with Crippen molar-refractivity contribution in [2.45, 2.75) is 31.8 Å². The van der Waals surface area contributed by atoms with Crippen molar-refractivity contribution in [3.63, 3.8) is 0 Å². The molecule has 0 aliphatic carbocycles. The van der Waals surface area contributed by atoms with Crippen molar-refractivity contribution in [2.24, 2.45) is 0 Å². The third-order valence-corrected chi connectivity index (χ3v) is 3.64. The lowest BCUT2D eigenvalue weighted by atomic mass is 9.98. The third-order valence-electron chi connectivity index (χ3n) is 3.64. The maximum absolute atomic E-state index is 10.7. The number of likely N-dealkylation sites (tertiary alicyclic amines) is 1. The van der Waals surface area contributed by atoms with Crippen molar-refractivity contribution >= 4 is 11.4 Å². The predicted octanol–water partition coefficient (Wildman–Crippen LogP) is 2.49. The van der Waals surface area contributed by atoms with E-state index < -0.39 is 0 Å². The molecule has 0 radical (unpaired) electrons. The van der Waals surface area contributed by atoms with Crippen LogP contribution in [0.15, 0.2) is 24.3 Å². The van der Waals surface area contributed by atoms with Crippen LogP contribution in [0.2, 0.25) is 0 Å². The number of piperidine rings is 1. The molecule has 18 heavy (non-hydrogen) atoms. The van der Waals surface area contributed by atoms with Crippen molar-refractivity contribution < 1.29 is 4.92 Å². The number of non-ortho nitro benzene ring substituents is 1. The molecule has 1 aromatic carbocycles. The Bertz CT molecular complexity index is 436. The molecule has 1 saturated heterocycles. The molecule has 0 saturated carbocycles. The first-order chi connectivity index (χ1) is 8.56. The molecule has 2 rings (SSSR count). The van der Waals surface area contributed by atoms with Crippen LogP contribution in [0.25, 0.3) is 0 Å². The summed E-state index contributed by atoms with van der Waals surface area (Å²) >= 11 is 0. The third kappa shape index (κ3) is 2.98. The first-order valence-corrected chi connectivity index (χ1v) is 6.27. The van der Waals surface area contributed by atoms with Crippen LogP contribution in [0.4, 0.5) is 11.4 Å². The first-order valence-electron chi connectivity index (χ1n) is 6.27. The van der Waals surface area contributed by atoms with Gasteiger partial charge in [0.05, 0.1) is 4.92 Å². The van der Waals surface area contributed by atoms with Crippen molar-refractivity contribution in [1.82, 2.24) is 4.90 Å². The number of nitro benzene ring substituents is 1. The van der Waals surface area contributed by atoms with E-state index in [0.29, 0.717) is 12.1 Å². The molecule has 5 heteroatoms. The van der Waals surface area contributed by atoms with Crippen LogP contribution in [0.1, 0.15) is 19.8 Å². The van der Waals surface area contributed by atoms with Gasteiger partial charge in [0.1, 0.15) is 0 Å². The van der Waals surface area contributed by atoms with Crippen molar-refractivity contribution in [1.29, 1.82) is 0 Å². The molecule has 1 N–H and O–H groups in total. The molecule has 1 aliphatic rings. The summed E-state index contributed by atoms with van der Waals surface area (Å²) in [5, 5.41) is 14.1. The molecule has 0 amide bonds. The highest BCUT2D eigenvalue weighted by atomic mass is 16.6. The average molecular weight is 249 g/mol. The van der Waals surface area contributed by atoms with Gasteiger partial charge in [0, 0.05) is 36.4 Å². The van der Waals surface area contributed by atoms with E-state index in [1.54, 1.807) is 12.1 Å². The molecular weight excluding hydrogens is 230 g/mol. The fourth-order valence-corrected chi connectivity index (χ4v) is 2.37. The van der Waals surface area contributed by atoms with Gasteiger partial charge in [-0.1, -0.05) is 6.07 Å². The number of hydrogen-bond donors (Lipinski definition) is 1. The molecule has 0 spiro atoms. The summed E-state index contributed by atoms with van der Waals surface area (Å²) in [5.41, 5.74) is 0.979. The lowest BCUT2D eigenvalue weighted by molar-refractivity contribution is -0.384. The second-order valence-electron chi connectivity index (χ2n) is 5.00. The highest BCUT2D eigenvalue weighted by molar-refractivity contribution is 5.51. The Hall–Kier alpha value is -1.62. The second kappa shape index (κ2) is 5.35. The SMILES string of the molecule is CC1CC(Nc2cccc([N+](=O)[O-])c2)CCN1C. The number of benzene rings is 1. The van der Waals surface area contributed by atoms with Gasteiger partial charge in [-0.25, -0.2) is 0 Å². The molecule has 1 aliphatic heterocycles. The summed E-state index contributed by atoms with van der Waals surface area (Å²) in [7, 11) is 2.13. The number of nitrogens with zero attached hydrogens (tertiary/aromatic N) is 2. The second-order valence-corrected chi connectivity index (χ2v) is 5.00. The summed E-state index contributed by atoms with van der Waals surface area (Å²) in [4.78, 5) is 12.7. The lowest BCUT2D eigenvalue weighted by Crippen LogP contribution is -2.42. The normalized spacial score (nSPS) is 24.8. The number of nitrogens with one attached hydrogen (secondary N) is 1. The molecule has 0 aromatic heterocycles. The lowest BCUT2D eigenvalue weighted by Gasteiger charge is -2.35. The molecule has 0 bridgehead atoms. The molecule has 98 valence electrons. The van der Waals surface area contributed by atoms with E-state index in [-0.39, 0.29) is 10.6 Å². The van der Waals surface area contributed by atoms with Crippen LogP contribution in [-0.4, -0.2) is 35.5 Å². The zero-order valence-electron chi connectivity index (χ0n) is 10.8. The summed E-state index contributed by atoms with van der Waals surface area (Å²) in [6, 6.07) is 7.67. The predicted molar refractivity (Wildman–Crippen MR) is 71.8 cm³/mol. The van der Waals surface area contributed by atoms with Gasteiger partial charge in [-0.3, -0.25) is 10.1 Å². The summed E-state index contributed by atoms with van der Waals surface area (Å²) in [6.45, 7) is 3.27. The van der Waals surface area contributed by atoms with Crippen molar-refractivity contribution in [3.8, 4) is 0 Å². The topological polar surface area (TPSA) is 58.4 Å². The quantitative estimate of drug-likeness (QED) is 0.660. The molecule has 2 atom stereocenters. The summed E-state index contributed by atoms with van der Waals surface area (Å²) in [5.74, 6) is 0. The maximum Gasteiger partial charge on any atom is 0.271 e. The standard InChI is InChI=1S/C13H19N3O2/c1-10-8-12(6-7-15(10)2)14-11-4-3-5-13(9-11)16(17)18/h3-5,9-10,12,14H,6-8H2,1-2H3. The fourth-order valence-electron chi connectivity index (χ4n) is 2.37. The number of anilines is 1. The number of nitro groups is 1. The minimum absolute atomic E-state index is 0.140. The van der Waals surface area contributed by atoms with Gasteiger partial charge in [-0.15, -0.1) is 0 Å². The molecule has 1 heterocycles. The van der Waals surface area contributed by atoms with E-state index in [2.05, 4.69) is 24.2 Å². The highest BCUT2D eigenvalue weighted by Crippen LogP contribution is 2.22. The molecule has 1 aromatic rings. The van der Waals surface area contributed by atoms with E-state index in [0.717, 1.165) is 25.1 Å². The van der Waals surface area contributed by atoms with E-state index in [1.165, 1.54) is 6.07 Å². The Labute approximate surface area is 107 Å². The monoisotopic (exact) mass is 249 g/mol. The van der Waals surface area contributed by atoms with E-state index in [1.807, 2.05) is 6.07 Å². The molecule has 5 nitrogen and oxygen atoms in total. The van der Waals surface area contributed by atoms with Gasteiger partial charge in [0.25, 0.3) is 5.69 Å². The molecule has 1 fully saturated rings. The van der Waals surface area contributed by atoms with Crippen LogP contribution in [0.3, 0.4) is 0 Å². The summed E-state index contributed by atoms with van der Waals surface area (Å²) in [6.07, 6.45) is 2.14. The largest absolute Gasteiger partial charge is 0.382 e. The number of hydrogen-bond acceptors (Lipinski definition) is 4. The molecular formula is C13H19N3O2. The maximum atomic E-state index is 10.7. The van der Waals surface area contributed by atoms with Crippen molar-refractivity contribution in [2.75, 3.05) is 18.9 Å². The van der Waals surface area contributed by atoms with Gasteiger partial charge in [0.2, 0.25) is 0 Å². The van der Waals surface area contributed by atoms with E-state index in [4.69, 9.17) is 0 Å². The highest BCUT2D eigenvalue weighted by Gasteiger charge is 2.22. The van der Waals surface area contributed by atoms with Gasteiger partial charge in [0.15, 0.2) is 0 Å². The van der Waals surface area contributed by atoms with E-state index in [9.17, 15) is 10.1 Å². The summed E-state index contributed by atoms with van der Waals surface area (Å²) < 4.78 is 0. The van der Waals surface area contributed by atoms with Crippen LogP contribution < -0.4 is 5.32 Å². The average Bonchev–Trinajstić information content (AvgIpc) is 2.34. The fraction of sp³-hybridized carbons (Fsp3) is 0.538. The van der Waals surface area contributed by atoms with Crippen LogP contribution in [-0.2, 0) is 0 Å². The van der Waals surface area contributed by atoms with Gasteiger partial charge >= 0.3 is 0 Å². The molecule has 2 unspecified atom stereocenters. The Morgan fingerprint density at radius 1 is 1.50 bits per heavy atom. The Balaban J connectivity index is 2.01. The number of rotatable bonds is 3. The minimum atomic E-state index is -0.359. The first kappa shape index (κ1) is 12.8. The zero-order valence-corrected chi connectivity index (χ0v) is 10.8. The van der Waals surface area contributed by atoms with Gasteiger partial charge in [-0.2, -0.15) is 0 Å². The van der Waals surface area contributed by atoms with Gasteiger partial charge in [-0.05, 0) is 32.9 Å². The Morgan fingerprint density at radius 2 is 2.28 bits per heavy atom. The van der Waals surface area contributed by atoms with Crippen LogP contribution >= 0.6 is 0 Å². The van der Waals surface area contributed by atoms with E-state index >= 15 is 0 Å². The smallest absolute Gasteiger partial charge is 0.271 e. The minimum Gasteiger partial charge on any atom is -0.382 e. The Morgan fingerprint density at radius 3 is 2.94 bits per heavy atom. The zero-order chi connectivity index (χ0) is 13.1.